The van der Waals surface area contributed by atoms with Gasteiger partial charge in [-0.25, -0.2) is 15.0 Å². The average Bonchev–Trinajstić information content (AvgIpc) is 3.12. The van der Waals surface area contributed by atoms with Crippen LogP contribution in [0.2, 0.25) is 0 Å². The molecule has 6 heteroatoms. The molecule has 2 aromatic heterocycles. The van der Waals surface area contributed by atoms with E-state index in [0.717, 1.165) is 71.2 Å². The fourth-order valence-corrected chi connectivity index (χ4v) is 4.01. The fraction of sp³-hybridized carbons (Fsp3) is 0.435. The van der Waals surface area contributed by atoms with Crippen molar-refractivity contribution in [2.24, 2.45) is 0 Å². The van der Waals surface area contributed by atoms with Crippen LogP contribution >= 0.6 is 0 Å². The molecule has 0 saturated carbocycles. The standard InChI is InChI=1S/C23H28N4O2/c1-15-13-27(14-24-15)19-10-9-16(11-20(19)29-4)12-21-25-18-8-6-5-7-17(18)22(26-21)23(2,3)28/h9-11,13-14,28H,5-8,12H2,1-4H3. The minimum atomic E-state index is -0.972. The van der Waals surface area contributed by atoms with Crippen LogP contribution in [0.3, 0.4) is 0 Å². The smallest absolute Gasteiger partial charge is 0.143 e. The van der Waals surface area contributed by atoms with Crippen molar-refractivity contribution in [3.63, 3.8) is 0 Å². The molecule has 0 fully saturated rings. The minimum Gasteiger partial charge on any atom is -0.495 e. The summed E-state index contributed by atoms with van der Waals surface area (Å²) in [5, 5.41) is 10.7. The van der Waals surface area contributed by atoms with Crippen molar-refractivity contribution in [1.82, 2.24) is 19.5 Å². The summed E-state index contributed by atoms with van der Waals surface area (Å²) in [6.45, 7) is 5.57. The summed E-state index contributed by atoms with van der Waals surface area (Å²) in [5.74, 6) is 1.52. The highest BCUT2D eigenvalue weighted by atomic mass is 16.5. The predicted molar refractivity (Wildman–Crippen MR) is 112 cm³/mol. The number of nitrogens with zero attached hydrogens (tertiary/aromatic N) is 4. The van der Waals surface area contributed by atoms with Crippen LogP contribution < -0.4 is 4.74 Å². The summed E-state index contributed by atoms with van der Waals surface area (Å²) in [7, 11) is 1.67. The molecular formula is C23H28N4O2. The van der Waals surface area contributed by atoms with Crippen LogP contribution in [0.15, 0.2) is 30.7 Å². The third-order valence-corrected chi connectivity index (χ3v) is 5.41. The lowest BCUT2D eigenvalue weighted by Gasteiger charge is -2.25. The maximum Gasteiger partial charge on any atom is 0.143 e. The molecule has 0 saturated heterocycles. The first-order chi connectivity index (χ1) is 13.8. The minimum absolute atomic E-state index is 0.593. The van der Waals surface area contributed by atoms with Gasteiger partial charge in [0.1, 0.15) is 17.2 Å². The Labute approximate surface area is 171 Å². The maximum absolute atomic E-state index is 10.7. The van der Waals surface area contributed by atoms with Gasteiger partial charge in [0.05, 0.1) is 30.5 Å². The first-order valence-electron chi connectivity index (χ1n) is 10.1. The lowest BCUT2D eigenvalue weighted by molar-refractivity contribution is 0.0719. The van der Waals surface area contributed by atoms with E-state index in [9.17, 15) is 5.11 Å². The van der Waals surface area contributed by atoms with Gasteiger partial charge in [-0.15, -0.1) is 0 Å². The summed E-state index contributed by atoms with van der Waals surface area (Å²) in [6, 6.07) is 6.13. The Morgan fingerprint density at radius 3 is 2.66 bits per heavy atom. The number of aromatic nitrogens is 4. The molecule has 1 N–H and O–H groups in total. The molecule has 0 aliphatic heterocycles. The molecule has 0 bridgehead atoms. The molecule has 4 rings (SSSR count). The molecule has 3 aromatic rings. The Balaban J connectivity index is 1.69. The zero-order valence-corrected chi connectivity index (χ0v) is 17.6. The summed E-state index contributed by atoms with van der Waals surface area (Å²) < 4.78 is 7.58. The number of rotatable bonds is 5. The molecule has 0 spiro atoms. The highest BCUT2D eigenvalue weighted by Crippen LogP contribution is 2.30. The van der Waals surface area contributed by atoms with Gasteiger partial charge in [0.15, 0.2) is 0 Å². The zero-order valence-electron chi connectivity index (χ0n) is 17.6. The lowest BCUT2D eigenvalue weighted by Crippen LogP contribution is -2.25. The number of methoxy groups -OCH3 is 1. The molecule has 1 aliphatic rings. The summed E-state index contributed by atoms with van der Waals surface area (Å²) in [4.78, 5) is 13.9. The van der Waals surface area contributed by atoms with Gasteiger partial charge in [0, 0.05) is 18.3 Å². The van der Waals surface area contributed by atoms with Gasteiger partial charge >= 0.3 is 0 Å². The number of benzene rings is 1. The number of ether oxygens (including phenoxy) is 1. The number of aryl methyl sites for hydroxylation is 2. The molecule has 152 valence electrons. The lowest BCUT2D eigenvalue weighted by atomic mass is 9.89. The van der Waals surface area contributed by atoms with E-state index in [1.165, 1.54) is 0 Å². The van der Waals surface area contributed by atoms with Gasteiger partial charge in [0.25, 0.3) is 0 Å². The Morgan fingerprint density at radius 2 is 1.97 bits per heavy atom. The van der Waals surface area contributed by atoms with Crippen molar-refractivity contribution in [2.75, 3.05) is 7.11 Å². The fourth-order valence-electron chi connectivity index (χ4n) is 4.01. The van der Waals surface area contributed by atoms with Crippen molar-refractivity contribution in [2.45, 2.75) is 58.5 Å². The summed E-state index contributed by atoms with van der Waals surface area (Å²) in [5.41, 5.74) is 5.00. The maximum atomic E-state index is 10.7. The second-order valence-corrected chi connectivity index (χ2v) is 8.29. The van der Waals surface area contributed by atoms with E-state index in [1.54, 1.807) is 27.3 Å². The van der Waals surface area contributed by atoms with Crippen molar-refractivity contribution in [3.05, 3.63) is 64.8 Å². The van der Waals surface area contributed by atoms with Gasteiger partial charge in [-0.2, -0.15) is 0 Å². The van der Waals surface area contributed by atoms with Crippen LogP contribution in [0.5, 0.6) is 5.75 Å². The monoisotopic (exact) mass is 392 g/mol. The second kappa shape index (κ2) is 7.59. The van der Waals surface area contributed by atoms with Crippen molar-refractivity contribution in [1.29, 1.82) is 0 Å². The number of hydrogen-bond donors (Lipinski definition) is 1. The van der Waals surface area contributed by atoms with Gasteiger partial charge in [-0.1, -0.05) is 6.07 Å². The van der Waals surface area contributed by atoms with Crippen LogP contribution in [0.1, 0.15) is 60.7 Å². The van der Waals surface area contributed by atoms with E-state index >= 15 is 0 Å². The Hall–Kier alpha value is -2.73. The molecule has 2 heterocycles. The van der Waals surface area contributed by atoms with E-state index in [0.29, 0.717) is 6.42 Å². The number of hydrogen-bond acceptors (Lipinski definition) is 5. The van der Waals surface area contributed by atoms with Gasteiger partial charge in [-0.3, -0.25) is 0 Å². The van der Waals surface area contributed by atoms with Gasteiger partial charge in [0.2, 0.25) is 0 Å². The third kappa shape index (κ3) is 4.03. The molecular weight excluding hydrogens is 364 g/mol. The van der Waals surface area contributed by atoms with Crippen molar-refractivity contribution < 1.29 is 9.84 Å². The predicted octanol–water partition coefficient (Wildman–Crippen LogP) is 3.68. The largest absolute Gasteiger partial charge is 0.495 e. The van der Waals surface area contributed by atoms with Crippen LogP contribution in [-0.2, 0) is 24.9 Å². The topological polar surface area (TPSA) is 73.1 Å². The zero-order chi connectivity index (χ0) is 20.6. The Morgan fingerprint density at radius 1 is 1.17 bits per heavy atom. The Bertz CT molecular complexity index is 1030. The normalized spacial score (nSPS) is 14.0. The van der Waals surface area contributed by atoms with E-state index in [2.05, 4.69) is 11.1 Å². The van der Waals surface area contributed by atoms with Crippen molar-refractivity contribution >= 4 is 0 Å². The molecule has 0 unspecified atom stereocenters. The second-order valence-electron chi connectivity index (χ2n) is 8.29. The van der Waals surface area contributed by atoms with Gasteiger partial charge < -0.3 is 14.4 Å². The molecule has 6 nitrogen and oxygen atoms in total. The van der Waals surface area contributed by atoms with E-state index in [4.69, 9.17) is 14.7 Å². The number of fused-ring (bicyclic) bond motifs is 1. The Kier molecular flexibility index (Phi) is 5.13. The molecule has 1 aromatic carbocycles. The van der Waals surface area contributed by atoms with Gasteiger partial charge in [-0.05, 0) is 69.7 Å². The highest BCUT2D eigenvalue weighted by molar-refractivity contribution is 5.49. The molecule has 0 radical (unpaired) electrons. The number of imidazole rings is 1. The molecule has 0 atom stereocenters. The van der Waals surface area contributed by atoms with E-state index < -0.39 is 5.60 Å². The molecule has 1 aliphatic carbocycles. The number of aliphatic hydroxyl groups is 1. The first kappa shape index (κ1) is 19.6. The molecule has 29 heavy (non-hydrogen) atoms. The SMILES string of the molecule is COc1cc(Cc2nc3c(c(C(C)(C)O)n2)CCCC3)ccc1-n1cnc(C)c1. The average molecular weight is 393 g/mol. The quantitative estimate of drug-likeness (QED) is 0.717. The van der Waals surface area contributed by atoms with Crippen LogP contribution in [-0.4, -0.2) is 31.7 Å². The third-order valence-electron chi connectivity index (χ3n) is 5.41. The highest BCUT2D eigenvalue weighted by Gasteiger charge is 2.27. The van der Waals surface area contributed by atoms with E-state index in [-0.39, 0.29) is 0 Å². The van der Waals surface area contributed by atoms with E-state index in [1.807, 2.05) is 29.8 Å². The summed E-state index contributed by atoms with van der Waals surface area (Å²) >= 11 is 0. The first-order valence-corrected chi connectivity index (χ1v) is 10.1. The van der Waals surface area contributed by atoms with Crippen molar-refractivity contribution in [3.8, 4) is 11.4 Å². The molecule has 0 amide bonds. The summed E-state index contributed by atoms with van der Waals surface area (Å²) in [6.07, 6.45) is 8.52. The van der Waals surface area contributed by atoms with Crippen LogP contribution in [0, 0.1) is 6.92 Å². The van der Waals surface area contributed by atoms with Crippen LogP contribution in [0.25, 0.3) is 5.69 Å². The van der Waals surface area contributed by atoms with Crippen LogP contribution in [0.4, 0.5) is 0 Å².